The summed E-state index contributed by atoms with van der Waals surface area (Å²) in [7, 11) is 0. The second kappa shape index (κ2) is 5.96. The lowest BCUT2D eigenvalue weighted by Gasteiger charge is -2.03. The van der Waals surface area contributed by atoms with Crippen molar-refractivity contribution in [1.29, 1.82) is 0 Å². The molecule has 0 unspecified atom stereocenters. The number of hydrogen-bond donors (Lipinski definition) is 0. The molecule has 0 saturated heterocycles. The Balaban J connectivity index is 2.08. The fraction of sp³-hybridized carbons (Fsp3) is 0.211. The molecule has 2 aromatic carbocycles. The molecule has 0 saturated carbocycles. The number of hydrogen-bond acceptors (Lipinski definition) is 1. The zero-order chi connectivity index (χ0) is 14.7. The van der Waals surface area contributed by atoms with E-state index in [9.17, 15) is 4.79 Å². The largest absolute Gasteiger partial charge is 0.283 e. The first-order valence-electron chi connectivity index (χ1n) is 7.50. The number of unbranched alkanes of at least 4 members (excludes halogenated alkanes) is 1. The zero-order valence-corrected chi connectivity index (χ0v) is 12.3. The highest BCUT2D eigenvalue weighted by atomic mass is 16.2. The SMILES string of the molecule is CCCCc1cn(C(=O)c2ccccc2)c2ccccc12. The Labute approximate surface area is 125 Å². The van der Waals surface area contributed by atoms with Gasteiger partial charge in [0.25, 0.3) is 5.91 Å². The van der Waals surface area contributed by atoms with Crippen LogP contribution in [0.4, 0.5) is 0 Å². The minimum atomic E-state index is 0.0366. The van der Waals surface area contributed by atoms with Crippen molar-refractivity contribution in [3.63, 3.8) is 0 Å². The quantitative estimate of drug-likeness (QED) is 0.679. The molecule has 0 fully saturated rings. The van der Waals surface area contributed by atoms with Crippen molar-refractivity contribution in [2.24, 2.45) is 0 Å². The van der Waals surface area contributed by atoms with Crippen molar-refractivity contribution < 1.29 is 4.79 Å². The third kappa shape index (κ3) is 2.62. The molecule has 1 heterocycles. The zero-order valence-electron chi connectivity index (χ0n) is 12.3. The van der Waals surface area contributed by atoms with E-state index in [0.717, 1.165) is 30.3 Å². The lowest BCUT2D eigenvalue weighted by molar-refractivity contribution is 0.0965. The van der Waals surface area contributed by atoms with Gasteiger partial charge < -0.3 is 0 Å². The summed E-state index contributed by atoms with van der Waals surface area (Å²) in [5, 5.41) is 1.19. The molecule has 1 aromatic heterocycles. The highest BCUT2D eigenvalue weighted by Crippen LogP contribution is 2.23. The van der Waals surface area contributed by atoms with Crippen LogP contribution < -0.4 is 0 Å². The molecule has 0 aliphatic rings. The average molecular weight is 277 g/mol. The molecular weight excluding hydrogens is 258 g/mol. The van der Waals surface area contributed by atoms with Crippen LogP contribution in [0.25, 0.3) is 10.9 Å². The van der Waals surface area contributed by atoms with E-state index in [1.54, 1.807) is 4.57 Å². The van der Waals surface area contributed by atoms with Gasteiger partial charge in [0.15, 0.2) is 0 Å². The van der Waals surface area contributed by atoms with Crippen LogP contribution in [0.2, 0.25) is 0 Å². The standard InChI is InChI=1S/C19H19NO/c1-2-3-9-16-14-20(18-13-8-7-12-17(16)18)19(21)15-10-5-4-6-11-15/h4-8,10-14H,2-3,9H2,1H3. The summed E-state index contributed by atoms with van der Waals surface area (Å²) in [4.78, 5) is 12.7. The molecule has 0 atom stereocenters. The summed E-state index contributed by atoms with van der Waals surface area (Å²) < 4.78 is 1.79. The number of carbonyl (C=O) groups is 1. The van der Waals surface area contributed by atoms with Gasteiger partial charge in [-0.05, 0) is 36.6 Å². The first-order chi connectivity index (χ1) is 10.3. The van der Waals surface area contributed by atoms with Crippen molar-refractivity contribution in [2.45, 2.75) is 26.2 Å². The molecule has 21 heavy (non-hydrogen) atoms. The van der Waals surface area contributed by atoms with E-state index < -0.39 is 0 Å². The maximum atomic E-state index is 12.7. The van der Waals surface area contributed by atoms with Gasteiger partial charge in [0.2, 0.25) is 0 Å². The van der Waals surface area contributed by atoms with Crippen LogP contribution in [0.15, 0.2) is 60.8 Å². The van der Waals surface area contributed by atoms with Crippen molar-refractivity contribution in [3.05, 3.63) is 71.9 Å². The van der Waals surface area contributed by atoms with Crippen molar-refractivity contribution in [3.8, 4) is 0 Å². The summed E-state index contributed by atoms with van der Waals surface area (Å²) >= 11 is 0. The number of fused-ring (bicyclic) bond motifs is 1. The number of aryl methyl sites for hydroxylation is 1. The number of aromatic nitrogens is 1. The first-order valence-corrected chi connectivity index (χ1v) is 7.50. The summed E-state index contributed by atoms with van der Waals surface area (Å²) in [5.41, 5.74) is 2.98. The van der Waals surface area contributed by atoms with Crippen LogP contribution in [-0.4, -0.2) is 10.5 Å². The Bertz CT molecular complexity index is 756. The fourth-order valence-corrected chi connectivity index (χ4v) is 2.70. The normalized spacial score (nSPS) is 10.9. The summed E-state index contributed by atoms with van der Waals surface area (Å²) in [6.45, 7) is 2.19. The second-order valence-corrected chi connectivity index (χ2v) is 5.32. The summed E-state index contributed by atoms with van der Waals surface area (Å²) in [5.74, 6) is 0.0366. The molecule has 0 bridgehead atoms. The Morgan fingerprint density at radius 2 is 1.71 bits per heavy atom. The topological polar surface area (TPSA) is 22.0 Å². The van der Waals surface area contributed by atoms with Crippen LogP contribution in [0, 0.1) is 0 Å². The maximum absolute atomic E-state index is 12.7. The molecule has 0 aliphatic heterocycles. The minimum absolute atomic E-state index is 0.0366. The summed E-state index contributed by atoms with van der Waals surface area (Å²) in [6, 6.07) is 17.6. The van der Waals surface area contributed by atoms with Gasteiger partial charge in [0, 0.05) is 17.1 Å². The molecule has 0 amide bonds. The van der Waals surface area contributed by atoms with Gasteiger partial charge in [-0.15, -0.1) is 0 Å². The lowest BCUT2D eigenvalue weighted by Crippen LogP contribution is -2.10. The van der Waals surface area contributed by atoms with Gasteiger partial charge in [0.05, 0.1) is 5.52 Å². The Kier molecular flexibility index (Phi) is 3.87. The predicted octanol–water partition coefficient (Wildman–Crippen LogP) is 4.67. The van der Waals surface area contributed by atoms with E-state index >= 15 is 0 Å². The third-order valence-electron chi connectivity index (χ3n) is 3.83. The van der Waals surface area contributed by atoms with E-state index in [0.29, 0.717) is 0 Å². The van der Waals surface area contributed by atoms with Crippen LogP contribution in [0.5, 0.6) is 0 Å². The van der Waals surface area contributed by atoms with E-state index in [1.165, 1.54) is 10.9 Å². The molecule has 2 nitrogen and oxygen atoms in total. The van der Waals surface area contributed by atoms with Gasteiger partial charge in [-0.1, -0.05) is 49.7 Å². The van der Waals surface area contributed by atoms with Crippen LogP contribution in [0.1, 0.15) is 35.7 Å². The van der Waals surface area contributed by atoms with Crippen molar-refractivity contribution in [2.75, 3.05) is 0 Å². The predicted molar refractivity (Wildman–Crippen MR) is 86.7 cm³/mol. The number of rotatable bonds is 4. The second-order valence-electron chi connectivity index (χ2n) is 5.32. The number of benzene rings is 2. The van der Waals surface area contributed by atoms with E-state index in [-0.39, 0.29) is 5.91 Å². The van der Waals surface area contributed by atoms with Gasteiger partial charge in [0.1, 0.15) is 0 Å². The fourth-order valence-electron chi connectivity index (χ4n) is 2.70. The monoisotopic (exact) mass is 277 g/mol. The highest BCUT2D eigenvalue weighted by Gasteiger charge is 2.14. The van der Waals surface area contributed by atoms with Crippen molar-refractivity contribution in [1.82, 2.24) is 4.57 Å². The number of nitrogens with zero attached hydrogens (tertiary/aromatic N) is 1. The lowest BCUT2D eigenvalue weighted by atomic mass is 10.1. The maximum Gasteiger partial charge on any atom is 0.262 e. The van der Waals surface area contributed by atoms with Gasteiger partial charge in [-0.25, -0.2) is 0 Å². The Morgan fingerprint density at radius 3 is 2.48 bits per heavy atom. The van der Waals surface area contributed by atoms with Gasteiger partial charge >= 0.3 is 0 Å². The smallest absolute Gasteiger partial charge is 0.262 e. The average Bonchev–Trinajstić information content (AvgIpc) is 2.92. The van der Waals surface area contributed by atoms with E-state index in [2.05, 4.69) is 13.0 Å². The molecule has 0 spiro atoms. The van der Waals surface area contributed by atoms with Gasteiger partial charge in [-0.2, -0.15) is 0 Å². The number of para-hydroxylation sites is 1. The number of carbonyl (C=O) groups excluding carboxylic acids is 1. The molecule has 3 aromatic rings. The minimum Gasteiger partial charge on any atom is -0.283 e. The van der Waals surface area contributed by atoms with E-state index in [1.807, 2.05) is 54.7 Å². The molecule has 0 N–H and O–H groups in total. The molecule has 3 rings (SSSR count). The highest BCUT2D eigenvalue weighted by molar-refractivity contribution is 6.02. The van der Waals surface area contributed by atoms with E-state index in [4.69, 9.17) is 0 Å². The van der Waals surface area contributed by atoms with Crippen LogP contribution >= 0.6 is 0 Å². The third-order valence-corrected chi connectivity index (χ3v) is 3.83. The summed E-state index contributed by atoms with van der Waals surface area (Å²) in [6.07, 6.45) is 5.33. The Hall–Kier alpha value is -2.35. The first kappa shape index (κ1) is 13.6. The molecule has 0 radical (unpaired) electrons. The van der Waals surface area contributed by atoms with Crippen molar-refractivity contribution >= 4 is 16.8 Å². The molecule has 106 valence electrons. The molecular formula is C19H19NO. The van der Waals surface area contributed by atoms with Crippen LogP contribution in [0.3, 0.4) is 0 Å². The molecule has 0 aliphatic carbocycles. The molecule has 2 heteroatoms. The Morgan fingerprint density at radius 1 is 1.00 bits per heavy atom. The van der Waals surface area contributed by atoms with Gasteiger partial charge in [-0.3, -0.25) is 9.36 Å². The van der Waals surface area contributed by atoms with Crippen LogP contribution in [-0.2, 0) is 6.42 Å².